The van der Waals surface area contributed by atoms with Gasteiger partial charge in [-0.2, -0.15) is 0 Å². The lowest BCUT2D eigenvalue weighted by atomic mass is 10.2. The number of rotatable bonds is 4. The Labute approximate surface area is 147 Å². The molecule has 122 valence electrons. The lowest BCUT2D eigenvalue weighted by molar-refractivity contribution is 0.102. The Morgan fingerprint density at radius 3 is 2.88 bits per heavy atom. The number of anilines is 1. The molecule has 0 unspecified atom stereocenters. The van der Waals surface area contributed by atoms with Crippen LogP contribution in [-0.2, 0) is 0 Å². The van der Waals surface area contributed by atoms with Crippen molar-refractivity contribution in [3.63, 3.8) is 0 Å². The van der Waals surface area contributed by atoms with E-state index in [0.717, 1.165) is 10.8 Å². The summed E-state index contributed by atoms with van der Waals surface area (Å²) >= 11 is 7.25. The lowest BCUT2D eigenvalue weighted by Gasteiger charge is -2.09. The van der Waals surface area contributed by atoms with E-state index in [1.807, 2.05) is 23.1 Å². The Hall–Kier alpha value is -2.31. The second-order valence-corrected chi connectivity index (χ2v) is 6.10. The van der Waals surface area contributed by atoms with Crippen LogP contribution in [0.5, 0.6) is 0 Å². The van der Waals surface area contributed by atoms with Crippen molar-refractivity contribution in [3.05, 3.63) is 71.3 Å². The molecule has 3 rings (SSSR count). The van der Waals surface area contributed by atoms with Gasteiger partial charge in [0.25, 0.3) is 5.91 Å². The number of carbonyl (C=O) groups excluding carboxylic acids is 1. The van der Waals surface area contributed by atoms with Crippen LogP contribution < -0.4 is 5.32 Å². The van der Waals surface area contributed by atoms with Crippen molar-refractivity contribution in [2.75, 3.05) is 11.6 Å². The molecule has 4 nitrogen and oxygen atoms in total. The first-order valence-corrected chi connectivity index (χ1v) is 8.63. The molecule has 0 spiro atoms. The molecular weight excluding hydrogens is 349 g/mol. The van der Waals surface area contributed by atoms with Gasteiger partial charge in [-0.05, 0) is 42.7 Å². The molecule has 1 aromatic heterocycles. The predicted molar refractivity (Wildman–Crippen MR) is 94.7 cm³/mol. The van der Waals surface area contributed by atoms with Gasteiger partial charge >= 0.3 is 0 Å². The van der Waals surface area contributed by atoms with Gasteiger partial charge in [0.1, 0.15) is 5.82 Å². The van der Waals surface area contributed by atoms with Gasteiger partial charge < -0.3 is 5.32 Å². The summed E-state index contributed by atoms with van der Waals surface area (Å²) in [4.78, 5) is 16.7. The molecule has 7 heteroatoms. The molecule has 1 heterocycles. The summed E-state index contributed by atoms with van der Waals surface area (Å²) in [5.41, 5.74) is 1.75. The first-order chi connectivity index (χ1) is 11.6. The minimum Gasteiger partial charge on any atom is -0.322 e. The fourth-order valence-electron chi connectivity index (χ4n) is 2.21. The Bertz CT molecular complexity index is 897. The summed E-state index contributed by atoms with van der Waals surface area (Å²) in [5, 5.41) is 3.50. The van der Waals surface area contributed by atoms with Crippen molar-refractivity contribution in [2.24, 2.45) is 0 Å². The van der Waals surface area contributed by atoms with Gasteiger partial charge in [-0.3, -0.25) is 9.36 Å². The van der Waals surface area contributed by atoms with Gasteiger partial charge in [0, 0.05) is 29.3 Å². The molecule has 24 heavy (non-hydrogen) atoms. The lowest BCUT2D eigenvalue weighted by Crippen LogP contribution is -2.12. The monoisotopic (exact) mass is 361 g/mol. The fraction of sp³-hybridized carbons (Fsp3) is 0.0588. The molecule has 0 bridgehead atoms. The van der Waals surface area contributed by atoms with Crippen LogP contribution in [0.4, 0.5) is 10.1 Å². The van der Waals surface area contributed by atoms with Crippen LogP contribution in [0.3, 0.4) is 0 Å². The summed E-state index contributed by atoms with van der Waals surface area (Å²) in [6.07, 6.45) is 5.48. The van der Waals surface area contributed by atoms with Crippen molar-refractivity contribution < 1.29 is 9.18 Å². The highest BCUT2D eigenvalue weighted by Gasteiger charge is 2.10. The van der Waals surface area contributed by atoms with Crippen molar-refractivity contribution in [2.45, 2.75) is 5.16 Å². The number of nitrogens with zero attached hydrogens (tertiary/aromatic N) is 2. The highest BCUT2D eigenvalue weighted by atomic mass is 35.5. The Balaban J connectivity index is 1.85. The van der Waals surface area contributed by atoms with Gasteiger partial charge in [0.15, 0.2) is 5.16 Å². The third-order valence-electron chi connectivity index (χ3n) is 3.35. The minimum atomic E-state index is -0.527. The van der Waals surface area contributed by atoms with E-state index >= 15 is 0 Å². The van der Waals surface area contributed by atoms with E-state index in [9.17, 15) is 9.18 Å². The zero-order valence-electron chi connectivity index (χ0n) is 12.7. The average molecular weight is 362 g/mol. The molecule has 0 aliphatic heterocycles. The standard InChI is InChI=1S/C17H13ClFN3OS/c1-24-17-20-7-8-22(17)13-4-2-3-11(9-13)16(23)21-12-5-6-15(19)14(18)10-12/h2-10H,1H3,(H,21,23). The van der Waals surface area contributed by atoms with Crippen LogP contribution in [-0.4, -0.2) is 21.7 Å². The fourth-order valence-corrected chi connectivity index (χ4v) is 2.92. The maximum atomic E-state index is 13.2. The number of thioether (sulfide) groups is 1. The van der Waals surface area contributed by atoms with Crippen LogP contribution in [0.1, 0.15) is 10.4 Å². The molecule has 1 amide bonds. The van der Waals surface area contributed by atoms with E-state index < -0.39 is 5.82 Å². The number of carbonyl (C=O) groups is 1. The Morgan fingerprint density at radius 2 is 2.12 bits per heavy atom. The highest BCUT2D eigenvalue weighted by Crippen LogP contribution is 2.21. The molecule has 0 aliphatic rings. The summed E-state index contributed by atoms with van der Waals surface area (Å²) in [7, 11) is 0. The highest BCUT2D eigenvalue weighted by molar-refractivity contribution is 7.98. The third-order valence-corrected chi connectivity index (χ3v) is 4.31. The van der Waals surface area contributed by atoms with E-state index in [4.69, 9.17) is 11.6 Å². The summed E-state index contributed by atoms with van der Waals surface area (Å²) < 4.78 is 15.1. The first kappa shape index (κ1) is 16.5. The Kier molecular flexibility index (Phi) is 4.87. The molecule has 1 N–H and O–H groups in total. The second-order valence-electron chi connectivity index (χ2n) is 4.92. The average Bonchev–Trinajstić information content (AvgIpc) is 3.07. The predicted octanol–water partition coefficient (Wildman–Crippen LogP) is 4.64. The van der Waals surface area contributed by atoms with Crippen LogP contribution in [0.2, 0.25) is 5.02 Å². The van der Waals surface area contributed by atoms with Gasteiger partial charge in [-0.1, -0.05) is 29.4 Å². The maximum absolute atomic E-state index is 13.2. The van der Waals surface area contributed by atoms with E-state index in [0.29, 0.717) is 11.3 Å². The van der Waals surface area contributed by atoms with E-state index in [1.165, 1.54) is 30.0 Å². The quantitative estimate of drug-likeness (QED) is 0.689. The SMILES string of the molecule is CSc1nccn1-c1cccc(C(=O)Nc2ccc(F)c(Cl)c2)c1. The van der Waals surface area contributed by atoms with Crippen LogP contribution >= 0.6 is 23.4 Å². The number of hydrogen-bond donors (Lipinski definition) is 1. The summed E-state index contributed by atoms with van der Waals surface area (Å²) in [5.74, 6) is -0.827. The van der Waals surface area contributed by atoms with Gasteiger partial charge in [0.2, 0.25) is 0 Å². The second kappa shape index (κ2) is 7.07. The van der Waals surface area contributed by atoms with Crippen LogP contribution in [0, 0.1) is 5.82 Å². The number of benzene rings is 2. The van der Waals surface area contributed by atoms with Crippen molar-refractivity contribution in [1.82, 2.24) is 9.55 Å². The van der Waals surface area contributed by atoms with E-state index in [2.05, 4.69) is 10.3 Å². The topological polar surface area (TPSA) is 46.9 Å². The molecule has 0 saturated carbocycles. The number of imidazole rings is 1. The van der Waals surface area contributed by atoms with Gasteiger partial charge in [0.05, 0.1) is 5.02 Å². The number of halogens is 2. The zero-order valence-corrected chi connectivity index (χ0v) is 14.2. The van der Waals surface area contributed by atoms with E-state index in [1.54, 1.807) is 24.4 Å². The van der Waals surface area contributed by atoms with Crippen molar-refractivity contribution in [3.8, 4) is 5.69 Å². The smallest absolute Gasteiger partial charge is 0.255 e. The number of nitrogens with one attached hydrogen (secondary N) is 1. The molecular formula is C17H13ClFN3OS. The molecule has 3 aromatic rings. The summed E-state index contributed by atoms with van der Waals surface area (Å²) in [6.45, 7) is 0. The maximum Gasteiger partial charge on any atom is 0.255 e. The van der Waals surface area contributed by atoms with Crippen LogP contribution in [0.25, 0.3) is 5.69 Å². The number of aromatic nitrogens is 2. The zero-order chi connectivity index (χ0) is 17.1. The van der Waals surface area contributed by atoms with Crippen LogP contribution in [0.15, 0.2) is 60.0 Å². The number of hydrogen-bond acceptors (Lipinski definition) is 3. The molecule has 2 aromatic carbocycles. The molecule has 0 radical (unpaired) electrons. The molecule has 0 saturated heterocycles. The molecule has 0 fully saturated rings. The van der Waals surface area contributed by atoms with Gasteiger partial charge in [-0.25, -0.2) is 9.37 Å². The summed E-state index contributed by atoms with van der Waals surface area (Å²) in [6, 6.07) is 11.2. The van der Waals surface area contributed by atoms with Gasteiger partial charge in [-0.15, -0.1) is 0 Å². The normalized spacial score (nSPS) is 10.6. The molecule has 0 atom stereocenters. The molecule has 0 aliphatic carbocycles. The van der Waals surface area contributed by atoms with E-state index in [-0.39, 0.29) is 10.9 Å². The number of amides is 1. The minimum absolute atomic E-state index is 0.0374. The first-order valence-electron chi connectivity index (χ1n) is 7.02. The van der Waals surface area contributed by atoms with Crippen molar-refractivity contribution >= 4 is 35.0 Å². The third kappa shape index (κ3) is 3.44. The largest absolute Gasteiger partial charge is 0.322 e. The Morgan fingerprint density at radius 1 is 1.29 bits per heavy atom. The van der Waals surface area contributed by atoms with Crippen molar-refractivity contribution in [1.29, 1.82) is 0 Å².